The number of anilines is 2. The van der Waals surface area contributed by atoms with Gasteiger partial charge in [-0.25, -0.2) is 8.42 Å². The molecule has 0 aliphatic carbocycles. The van der Waals surface area contributed by atoms with Crippen molar-refractivity contribution in [3.05, 3.63) is 52.5 Å². The first-order valence-corrected chi connectivity index (χ1v) is 7.46. The Morgan fingerprint density at radius 2 is 1.63 bits per heavy atom. The maximum absolute atomic E-state index is 12.2. The Labute approximate surface area is 121 Å². The predicted octanol–water partition coefficient (Wildman–Crippen LogP) is 3.38. The summed E-state index contributed by atoms with van der Waals surface area (Å²) in [6.45, 7) is 0. The van der Waals surface area contributed by atoms with E-state index in [1.807, 2.05) is 0 Å². The molecule has 0 heterocycles. The summed E-state index contributed by atoms with van der Waals surface area (Å²) >= 11 is 11.7. The second kappa shape index (κ2) is 5.28. The van der Waals surface area contributed by atoms with E-state index in [-0.39, 0.29) is 9.92 Å². The monoisotopic (exact) mass is 316 g/mol. The molecular weight excluding hydrogens is 307 g/mol. The Morgan fingerprint density at radius 1 is 1.00 bits per heavy atom. The Hall–Kier alpha value is -1.43. The minimum Gasteiger partial charge on any atom is -0.399 e. The highest BCUT2D eigenvalue weighted by Gasteiger charge is 2.18. The zero-order chi connectivity index (χ0) is 14.0. The van der Waals surface area contributed by atoms with E-state index < -0.39 is 10.0 Å². The van der Waals surface area contributed by atoms with Crippen LogP contribution in [-0.2, 0) is 10.0 Å². The largest absolute Gasteiger partial charge is 0.399 e. The van der Waals surface area contributed by atoms with E-state index in [9.17, 15) is 8.42 Å². The number of benzene rings is 2. The molecular formula is C12H10Cl2N2O2S. The molecule has 3 N–H and O–H groups in total. The highest BCUT2D eigenvalue weighted by Crippen LogP contribution is 2.26. The predicted molar refractivity (Wildman–Crippen MR) is 78.1 cm³/mol. The molecule has 2 aromatic rings. The molecule has 0 saturated heterocycles. The summed E-state index contributed by atoms with van der Waals surface area (Å²) in [7, 11) is -3.79. The van der Waals surface area contributed by atoms with Crippen molar-refractivity contribution in [1.29, 1.82) is 0 Å². The normalized spacial score (nSPS) is 11.3. The van der Waals surface area contributed by atoms with Gasteiger partial charge in [0, 0.05) is 16.4 Å². The third-order valence-corrected chi connectivity index (χ3v) is 4.44. The molecule has 2 aromatic carbocycles. The van der Waals surface area contributed by atoms with Crippen LogP contribution >= 0.6 is 23.2 Å². The number of rotatable bonds is 3. The third-order valence-electron chi connectivity index (χ3n) is 2.35. The van der Waals surface area contributed by atoms with Crippen molar-refractivity contribution in [1.82, 2.24) is 0 Å². The summed E-state index contributed by atoms with van der Waals surface area (Å²) in [5, 5.41) is 0.398. The maximum Gasteiger partial charge on any atom is 0.263 e. The molecule has 4 nitrogen and oxygen atoms in total. The van der Waals surface area contributed by atoms with E-state index in [1.165, 1.54) is 18.2 Å². The molecule has 0 bridgehead atoms. The Bertz CT molecular complexity index is 700. The maximum atomic E-state index is 12.2. The molecule has 0 amide bonds. The van der Waals surface area contributed by atoms with Crippen LogP contribution < -0.4 is 10.5 Å². The van der Waals surface area contributed by atoms with E-state index in [4.69, 9.17) is 28.9 Å². The van der Waals surface area contributed by atoms with Gasteiger partial charge in [0.2, 0.25) is 0 Å². The highest BCUT2D eigenvalue weighted by molar-refractivity contribution is 7.92. The molecule has 2 rings (SSSR count). The number of nitrogen functional groups attached to an aromatic ring is 1. The lowest BCUT2D eigenvalue weighted by Gasteiger charge is -2.10. The van der Waals surface area contributed by atoms with Gasteiger partial charge in [-0.3, -0.25) is 4.72 Å². The summed E-state index contributed by atoms with van der Waals surface area (Å²) in [5.74, 6) is 0. The fourth-order valence-corrected chi connectivity index (χ4v) is 3.27. The van der Waals surface area contributed by atoms with Crippen molar-refractivity contribution >= 4 is 44.6 Å². The van der Waals surface area contributed by atoms with E-state index in [2.05, 4.69) is 4.72 Å². The number of nitrogens with two attached hydrogens (primary N) is 1. The topological polar surface area (TPSA) is 72.2 Å². The van der Waals surface area contributed by atoms with Crippen molar-refractivity contribution in [2.24, 2.45) is 0 Å². The molecule has 0 saturated carbocycles. The Balaban J connectivity index is 2.37. The molecule has 0 aromatic heterocycles. The van der Waals surface area contributed by atoms with Gasteiger partial charge in [-0.05, 0) is 42.5 Å². The van der Waals surface area contributed by atoms with Gasteiger partial charge in [-0.1, -0.05) is 23.2 Å². The van der Waals surface area contributed by atoms with Crippen molar-refractivity contribution in [2.45, 2.75) is 4.90 Å². The van der Waals surface area contributed by atoms with Crippen molar-refractivity contribution in [3.63, 3.8) is 0 Å². The van der Waals surface area contributed by atoms with Crippen LogP contribution in [0.1, 0.15) is 0 Å². The Morgan fingerprint density at radius 3 is 2.26 bits per heavy atom. The lowest BCUT2D eigenvalue weighted by Crippen LogP contribution is -2.13. The molecule has 0 fully saturated rings. The summed E-state index contributed by atoms with van der Waals surface area (Å²) < 4.78 is 26.8. The quantitative estimate of drug-likeness (QED) is 0.853. The smallest absolute Gasteiger partial charge is 0.263 e. The van der Waals surface area contributed by atoms with Crippen LogP contribution in [0.3, 0.4) is 0 Å². The number of hydrogen-bond donors (Lipinski definition) is 2. The van der Waals surface area contributed by atoms with Gasteiger partial charge < -0.3 is 5.73 Å². The van der Waals surface area contributed by atoms with Gasteiger partial charge in [0.25, 0.3) is 10.0 Å². The van der Waals surface area contributed by atoms with Crippen LogP contribution in [0.2, 0.25) is 10.0 Å². The van der Waals surface area contributed by atoms with Gasteiger partial charge in [0.1, 0.15) is 4.90 Å². The fourth-order valence-electron chi connectivity index (χ4n) is 1.44. The van der Waals surface area contributed by atoms with E-state index >= 15 is 0 Å². The van der Waals surface area contributed by atoms with Crippen molar-refractivity contribution in [2.75, 3.05) is 10.5 Å². The van der Waals surface area contributed by atoms with Crippen LogP contribution in [0.15, 0.2) is 47.4 Å². The molecule has 0 spiro atoms. The van der Waals surface area contributed by atoms with Crippen LogP contribution in [0.5, 0.6) is 0 Å². The summed E-state index contributed by atoms with van der Waals surface area (Å²) in [4.78, 5) is -0.0708. The van der Waals surface area contributed by atoms with Crippen LogP contribution in [0.25, 0.3) is 0 Å². The summed E-state index contributed by atoms with van der Waals surface area (Å²) in [6.07, 6.45) is 0. The second-order valence-electron chi connectivity index (χ2n) is 3.80. The molecule has 0 unspecified atom stereocenters. The van der Waals surface area contributed by atoms with E-state index in [0.29, 0.717) is 16.4 Å². The molecule has 0 aliphatic rings. The lowest BCUT2D eigenvalue weighted by atomic mass is 10.3. The zero-order valence-corrected chi connectivity index (χ0v) is 11.9. The molecule has 0 radical (unpaired) electrons. The lowest BCUT2D eigenvalue weighted by molar-refractivity contribution is 0.601. The van der Waals surface area contributed by atoms with Gasteiger partial charge in [-0.2, -0.15) is 0 Å². The van der Waals surface area contributed by atoms with E-state index in [1.54, 1.807) is 24.3 Å². The third kappa shape index (κ3) is 3.32. The first kappa shape index (κ1) is 14.0. The van der Waals surface area contributed by atoms with Gasteiger partial charge in [0.15, 0.2) is 0 Å². The molecule has 0 atom stereocenters. The van der Waals surface area contributed by atoms with Crippen LogP contribution in [0.4, 0.5) is 11.4 Å². The molecule has 7 heteroatoms. The van der Waals surface area contributed by atoms with E-state index in [0.717, 1.165) is 0 Å². The number of nitrogens with one attached hydrogen (secondary N) is 1. The van der Waals surface area contributed by atoms with Crippen LogP contribution in [0, 0.1) is 0 Å². The average Bonchev–Trinajstić information content (AvgIpc) is 2.35. The van der Waals surface area contributed by atoms with Crippen molar-refractivity contribution < 1.29 is 8.42 Å². The first-order chi connectivity index (χ1) is 8.88. The number of sulfonamides is 1. The van der Waals surface area contributed by atoms with Gasteiger partial charge in [-0.15, -0.1) is 0 Å². The average molecular weight is 317 g/mol. The zero-order valence-electron chi connectivity index (χ0n) is 9.60. The number of hydrogen-bond acceptors (Lipinski definition) is 3. The fraction of sp³-hybridized carbons (Fsp3) is 0. The highest BCUT2D eigenvalue weighted by atomic mass is 35.5. The summed E-state index contributed by atoms with van der Waals surface area (Å²) in [5.41, 5.74) is 6.47. The standard InChI is InChI=1S/C12H10Cl2N2O2S/c13-8-1-6-11(14)12(7-8)19(17,18)16-10-4-2-9(15)3-5-10/h1-7,16H,15H2. The Kier molecular flexibility index (Phi) is 3.89. The molecule has 19 heavy (non-hydrogen) atoms. The van der Waals surface area contributed by atoms with Gasteiger partial charge >= 0.3 is 0 Å². The molecule has 0 aliphatic heterocycles. The number of halogens is 2. The minimum atomic E-state index is -3.79. The first-order valence-electron chi connectivity index (χ1n) is 5.22. The second-order valence-corrected chi connectivity index (χ2v) is 6.30. The SMILES string of the molecule is Nc1ccc(NS(=O)(=O)c2cc(Cl)ccc2Cl)cc1. The van der Waals surface area contributed by atoms with Crippen molar-refractivity contribution in [3.8, 4) is 0 Å². The minimum absolute atomic E-state index is 0.0708. The van der Waals surface area contributed by atoms with Crippen LogP contribution in [-0.4, -0.2) is 8.42 Å². The van der Waals surface area contributed by atoms with Gasteiger partial charge in [0.05, 0.1) is 5.02 Å². The summed E-state index contributed by atoms with van der Waals surface area (Å²) in [6, 6.07) is 10.6. The molecule has 100 valence electrons.